The molecule has 132 valence electrons. The average molecular weight is 331 g/mol. The maximum absolute atomic E-state index is 12.6. The van der Waals surface area contributed by atoms with Crippen LogP contribution in [0, 0.1) is 5.92 Å². The highest BCUT2D eigenvalue weighted by Crippen LogP contribution is 2.50. The van der Waals surface area contributed by atoms with Gasteiger partial charge in [0.05, 0.1) is 11.2 Å². The lowest BCUT2D eigenvalue weighted by Crippen LogP contribution is -2.30. The molecule has 4 atom stereocenters. The van der Waals surface area contributed by atoms with E-state index < -0.39 is 0 Å². The normalized spacial score (nSPS) is 43.5. The molecule has 4 heteroatoms. The molecule has 0 N–H and O–H groups in total. The number of ether oxygens (including phenoxy) is 2. The van der Waals surface area contributed by atoms with Crippen molar-refractivity contribution in [1.29, 1.82) is 0 Å². The Labute approximate surface area is 144 Å². The van der Waals surface area contributed by atoms with Gasteiger partial charge in [0.1, 0.15) is 12.2 Å². The first kappa shape index (κ1) is 16.2. The minimum Gasteiger partial charge on any atom is -0.455 e. The molecule has 0 amide bonds. The summed E-state index contributed by atoms with van der Waals surface area (Å²) in [5, 5.41) is 0. The molecule has 0 spiro atoms. The van der Waals surface area contributed by atoms with Gasteiger partial charge in [-0.2, -0.15) is 0 Å². The third-order valence-electron chi connectivity index (χ3n) is 6.21. The van der Waals surface area contributed by atoms with Crippen LogP contribution in [0.25, 0.3) is 0 Å². The predicted octanol–water partition coefficient (Wildman–Crippen LogP) is 3.58. The highest BCUT2D eigenvalue weighted by molar-refractivity contribution is 5.91. The van der Waals surface area contributed by atoms with Gasteiger partial charge in [-0.1, -0.05) is 11.6 Å². The molecule has 0 bridgehead atoms. The topological polar surface area (TPSA) is 42.1 Å². The number of allylic oxidation sites excluding steroid dienone is 2. The zero-order chi connectivity index (χ0) is 16.7. The van der Waals surface area contributed by atoms with Crippen molar-refractivity contribution >= 4 is 5.97 Å². The molecular formula is C20H29NO3. The first-order valence-corrected chi connectivity index (χ1v) is 9.57. The van der Waals surface area contributed by atoms with Gasteiger partial charge in [-0.25, -0.2) is 4.79 Å². The number of esters is 1. The van der Waals surface area contributed by atoms with Gasteiger partial charge in [-0.15, -0.1) is 0 Å². The molecule has 3 fully saturated rings. The van der Waals surface area contributed by atoms with Crippen molar-refractivity contribution in [3.8, 4) is 0 Å². The Morgan fingerprint density at radius 1 is 1.29 bits per heavy atom. The Balaban J connectivity index is 1.60. The van der Waals surface area contributed by atoms with E-state index in [2.05, 4.69) is 31.0 Å². The molecule has 3 aliphatic heterocycles. The Morgan fingerprint density at radius 3 is 2.88 bits per heavy atom. The summed E-state index contributed by atoms with van der Waals surface area (Å²) in [7, 11) is 0. The number of fused-ring (bicyclic) bond motifs is 3. The second-order valence-corrected chi connectivity index (χ2v) is 8.14. The summed E-state index contributed by atoms with van der Waals surface area (Å²) in [5.41, 5.74) is 2.19. The van der Waals surface area contributed by atoms with Gasteiger partial charge in [0.2, 0.25) is 0 Å². The number of carbonyl (C=O) groups excluding carboxylic acids is 1. The van der Waals surface area contributed by atoms with Crippen molar-refractivity contribution in [3.05, 3.63) is 23.4 Å². The van der Waals surface area contributed by atoms with Crippen LogP contribution in [-0.2, 0) is 14.3 Å². The van der Waals surface area contributed by atoms with Crippen LogP contribution < -0.4 is 0 Å². The lowest BCUT2D eigenvalue weighted by atomic mass is 9.83. The number of nitrogens with zero attached hydrogens (tertiary/aromatic N) is 1. The monoisotopic (exact) mass is 331 g/mol. The van der Waals surface area contributed by atoms with Crippen molar-refractivity contribution in [2.75, 3.05) is 13.1 Å². The number of hydrogen-bond donors (Lipinski definition) is 0. The van der Waals surface area contributed by atoms with Gasteiger partial charge >= 0.3 is 5.97 Å². The number of piperidine rings is 1. The summed E-state index contributed by atoms with van der Waals surface area (Å²) in [5.74, 6) is 0.0574. The molecule has 0 aromatic heterocycles. The van der Waals surface area contributed by atoms with E-state index in [4.69, 9.17) is 9.47 Å². The van der Waals surface area contributed by atoms with E-state index in [9.17, 15) is 4.79 Å². The number of rotatable bonds is 1. The van der Waals surface area contributed by atoms with Crippen molar-refractivity contribution in [2.45, 2.75) is 76.6 Å². The van der Waals surface area contributed by atoms with Crippen LogP contribution in [0.2, 0.25) is 0 Å². The highest BCUT2D eigenvalue weighted by atomic mass is 16.6. The van der Waals surface area contributed by atoms with Crippen LogP contribution in [0.1, 0.15) is 58.8 Å². The van der Waals surface area contributed by atoms with Crippen molar-refractivity contribution in [3.63, 3.8) is 0 Å². The Kier molecular flexibility index (Phi) is 4.19. The van der Waals surface area contributed by atoms with Gasteiger partial charge in [0.15, 0.2) is 0 Å². The summed E-state index contributed by atoms with van der Waals surface area (Å²) >= 11 is 0. The lowest BCUT2D eigenvalue weighted by Gasteiger charge is -2.26. The van der Waals surface area contributed by atoms with E-state index in [-0.39, 0.29) is 29.7 Å². The van der Waals surface area contributed by atoms with E-state index in [0.29, 0.717) is 0 Å². The van der Waals surface area contributed by atoms with E-state index in [0.717, 1.165) is 44.3 Å². The van der Waals surface area contributed by atoms with Crippen LogP contribution in [0.3, 0.4) is 0 Å². The molecule has 3 saturated heterocycles. The molecule has 3 heterocycles. The molecule has 1 aliphatic carbocycles. The standard InChI is InChI=1S/C20H29NO3/c1-14-7-6-10-20(2)18(24-20)17-15(9-8-14)16(19(22)23-17)13-21-11-4-3-5-12-21/h7,13,15,17-18H,3-6,8-12H2,1-2H3/b14-7-,16-13-/t15-,17-,18?,20+/m0/s1. The average Bonchev–Trinajstić information content (AvgIpc) is 3.14. The molecule has 1 unspecified atom stereocenters. The van der Waals surface area contributed by atoms with Crippen LogP contribution in [-0.4, -0.2) is 41.8 Å². The van der Waals surface area contributed by atoms with E-state index in [1.54, 1.807) is 0 Å². The van der Waals surface area contributed by atoms with Gasteiger partial charge in [0.25, 0.3) is 0 Å². The molecular weight excluding hydrogens is 302 g/mol. The summed E-state index contributed by atoms with van der Waals surface area (Å²) in [6.45, 7) is 6.49. The molecule has 0 radical (unpaired) electrons. The fraction of sp³-hybridized carbons (Fsp3) is 0.750. The smallest absolute Gasteiger partial charge is 0.336 e. The third-order valence-corrected chi connectivity index (χ3v) is 6.21. The van der Waals surface area contributed by atoms with E-state index >= 15 is 0 Å². The largest absolute Gasteiger partial charge is 0.455 e. The Hall–Kier alpha value is -1.29. The maximum Gasteiger partial charge on any atom is 0.336 e. The maximum atomic E-state index is 12.6. The number of hydrogen-bond acceptors (Lipinski definition) is 4. The Bertz CT molecular complexity index is 575. The minimum absolute atomic E-state index is 0.0745. The van der Waals surface area contributed by atoms with Crippen LogP contribution in [0.5, 0.6) is 0 Å². The molecule has 0 aromatic carbocycles. The van der Waals surface area contributed by atoms with Gasteiger partial charge in [-0.05, 0) is 58.8 Å². The molecule has 0 saturated carbocycles. The highest BCUT2D eigenvalue weighted by Gasteiger charge is 2.61. The van der Waals surface area contributed by atoms with Crippen molar-refractivity contribution in [1.82, 2.24) is 4.90 Å². The quantitative estimate of drug-likeness (QED) is 0.319. The number of likely N-dealkylation sites (tertiary alicyclic amines) is 1. The summed E-state index contributed by atoms with van der Waals surface area (Å²) < 4.78 is 11.9. The summed E-state index contributed by atoms with van der Waals surface area (Å²) in [6, 6.07) is 0. The second kappa shape index (κ2) is 6.21. The van der Waals surface area contributed by atoms with Crippen molar-refractivity contribution < 1.29 is 14.3 Å². The zero-order valence-electron chi connectivity index (χ0n) is 14.9. The molecule has 4 aliphatic rings. The number of carbonyl (C=O) groups is 1. The predicted molar refractivity (Wildman–Crippen MR) is 92.4 cm³/mol. The first-order valence-electron chi connectivity index (χ1n) is 9.57. The van der Waals surface area contributed by atoms with Crippen LogP contribution in [0.4, 0.5) is 0 Å². The van der Waals surface area contributed by atoms with E-state index in [1.807, 2.05) is 0 Å². The lowest BCUT2D eigenvalue weighted by molar-refractivity contribution is -0.140. The van der Waals surface area contributed by atoms with Gasteiger partial charge in [-0.3, -0.25) is 0 Å². The van der Waals surface area contributed by atoms with E-state index in [1.165, 1.54) is 24.8 Å². The van der Waals surface area contributed by atoms with Crippen molar-refractivity contribution in [2.24, 2.45) is 5.92 Å². The Morgan fingerprint density at radius 2 is 2.08 bits per heavy atom. The fourth-order valence-electron chi connectivity index (χ4n) is 4.55. The third kappa shape index (κ3) is 3.01. The van der Waals surface area contributed by atoms with Gasteiger partial charge in [0, 0.05) is 25.2 Å². The second-order valence-electron chi connectivity index (χ2n) is 8.14. The van der Waals surface area contributed by atoms with Gasteiger partial charge < -0.3 is 14.4 Å². The minimum atomic E-state index is -0.116. The van der Waals surface area contributed by atoms with Crippen LogP contribution >= 0.6 is 0 Å². The summed E-state index contributed by atoms with van der Waals surface area (Å²) in [4.78, 5) is 14.9. The molecule has 24 heavy (non-hydrogen) atoms. The SMILES string of the molecule is C/C1=C/CC[C@@]2(C)OC2[C@H]2OC(=O)/C(=C\N3CCCCC3)[C@@H]2CC1. The fourth-order valence-corrected chi connectivity index (χ4v) is 4.55. The molecule has 4 nitrogen and oxygen atoms in total. The first-order chi connectivity index (χ1) is 11.6. The molecule has 0 aromatic rings. The van der Waals surface area contributed by atoms with Crippen LogP contribution in [0.15, 0.2) is 23.4 Å². The zero-order valence-corrected chi connectivity index (χ0v) is 14.9. The summed E-state index contributed by atoms with van der Waals surface area (Å²) in [6.07, 6.45) is 12.3. The molecule has 4 rings (SSSR count). The number of epoxide rings is 1.